The Hall–Kier alpha value is -1.05. The fraction of sp³-hybridized carbons (Fsp3) is 0.500. The van der Waals surface area contributed by atoms with Crippen molar-refractivity contribution >= 4 is 0 Å². The van der Waals surface area contributed by atoms with Gasteiger partial charge >= 0.3 is 6.29 Å². The predicted molar refractivity (Wildman–Crippen MR) is 34.8 cm³/mol. The van der Waals surface area contributed by atoms with Gasteiger partial charge in [-0.25, -0.2) is 0 Å². The van der Waals surface area contributed by atoms with Gasteiger partial charge in [-0.15, -0.1) is 0 Å². The third-order valence-corrected chi connectivity index (χ3v) is 1.37. The molecule has 1 aliphatic heterocycles. The minimum Gasteiger partial charge on any atom is -0.417 e. The van der Waals surface area contributed by atoms with E-state index in [-0.39, 0.29) is 5.92 Å². The molecule has 0 aromatic heterocycles. The molecule has 0 saturated carbocycles. The summed E-state index contributed by atoms with van der Waals surface area (Å²) in [4.78, 5) is 0. The monoisotopic (exact) mass is 141 g/mol. The van der Waals surface area contributed by atoms with E-state index in [1.807, 2.05) is 6.07 Å². The summed E-state index contributed by atoms with van der Waals surface area (Å²) in [5, 5.41) is 26.7. The van der Waals surface area contributed by atoms with Crippen molar-refractivity contribution in [3.8, 4) is 6.07 Å². The van der Waals surface area contributed by atoms with Crippen LogP contribution in [0.1, 0.15) is 0 Å². The molecule has 1 heterocycles. The number of aliphatic hydroxyl groups excluding tert-OH is 1. The molecule has 0 radical (unpaired) electrons. The highest BCUT2D eigenvalue weighted by Gasteiger charge is 2.20. The van der Waals surface area contributed by atoms with Gasteiger partial charge in [0.15, 0.2) is 0 Å². The largest absolute Gasteiger partial charge is 0.417 e. The van der Waals surface area contributed by atoms with Crippen molar-refractivity contribution in [1.29, 1.82) is 5.26 Å². The summed E-state index contributed by atoms with van der Waals surface area (Å²) in [6.45, 7) is 0.516. The molecule has 0 bridgehead atoms. The Morgan fingerprint density at radius 3 is 3.00 bits per heavy atom. The highest BCUT2D eigenvalue weighted by atomic mass is 16.5. The summed E-state index contributed by atoms with van der Waals surface area (Å²) in [5.74, 6) is -0.185. The summed E-state index contributed by atoms with van der Waals surface area (Å²) in [6.07, 6.45) is 0.357. The maximum atomic E-state index is 8.69. The van der Waals surface area contributed by atoms with Crippen molar-refractivity contribution in [2.45, 2.75) is 6.29 Å². The topological polar surface area (TPSA) is 78.9 Å². The van der Waals surface area contributed by atoms with Crippen molar-refractivity contribution in [2.75, 3.05) is 6.54 Å². The summed E-state index contributed by atoms with van der Waals surface area (Å²) in [5.41, 5.74) is 0.437. The normalized spacial score (nSPS) is 26.5. The molecule has 2 unspecified atom stereocenters. The zero-order valence-electron chi connectivity index (χ0n) is 5.33. The number of nitrogens with one attached hydrogen (secondary N) is 1. The lowest BCUT2D eigenvalue weighted by Crippen LogP contribution is -2.20. The van der Waals surface area contributed by atoms with Crippen LogP contribution in [0, 0.1) is 17.2 Å². The molecule has 0 aliphatic carbocycles. The molecular formula is C6H9N2O2+. The van der Waals surface area contributed by atoms with Gasteiger partial charge in [-0.1, -0.05) is 0 Å². The number of nitriles is 1. The average molecular weight is 141 g/mol. The first kappa shape index (κ1) is 7.06. The third kappa shape index (κ3) is 1.26. The summed E-state index contributed by atoms with van der Waals surface area (Å²) in [7, 11) is 0. The van der Waals surface area contributed by atoms with Crippen molar-refractivity contribution in [3.05, 3.63) is 11.8 Å². The highest BCUT2D eigenvalue weighted by molar-refractivity contribution is 5.16. The number of hydrogen-bond acceptors (Lipinski definition) is 3. The molecule has 0 spiro atoms. The van der Waals surface area contributed by atoms with E-state index in [1.165, 1.54) is 0 Å². The van der Waals surface area contributed by atoms with Gasteiger partial charge < -0.3 is 15.5 Å². The lowest BCUT2D eigenvalue weighted by molar-refractivity contribution is -0.0117. The smallest absolute Gasteiger partial charge is 0.303 e. The van der Waals surface area contributed by atoms with Crippen LogP contribution in [0.3, 0.4) is 0 Å². The van der Waals surface area contributed by atoms with Gasteiger partial charge in [0.1, 0.15) is 5.70 Å². The predicted octanol–water partition coefficient (Wildman–Crippen LogP) is -1.34. The van der Waals surface area contributed by atoms with Crippen LogP contribution in [-0.4, -0.2) is 23.0 Å². The van der Waals surface area contributed by atoms with Crippen LogP contribution in [0.15, 0.2) is 11.8 Å². The van der Waals surface area contributed by atoms with Gasteiger partial charge in [0.25, 0.3) is 0 Å². The van der Waals surface area contributed by atoms with Crippen LogP contribution in [0.2, 0.25) is 0 Å². The quantitative estimate of drug-likeness (QED) is 0.350. The Balaban J connectivity index is 2.59. The molecule has 0 saturated heterocycles. The van der Waals surface area contributed by atoms with Gasteiger partial charge in [0.05, 0.1) is 12.0 Å². The first-order valence-corrected chi connectivity index (χ1v) is 2.98. The van der Waals surface area contributed by atoms with E-state index in [4.69, 9.17) is 15.5 Å². The molecule has 0 amide bonds. The molecule has 0 aromatic carbocycles. The Morgan fingerprint density at radius 2 is 2.70 bits per heavy atom. The van der Waals surface area contributed by atoms with Gasteiger partial charge in [-0.2, -0.15) is 5.26 Å². The number of nitrogens with zero attached hydrogens (tertiary/aromatic N) is 1. The fourth-order valence-corrected chi connectivity index (χ4v) is 0.833. The van der Waals surface area contributed by atoms with E-state index in [1.54, 1.807) is 6.08 Å². The van der Waals surface area contributed by atoms with Gasteiger partial charge in [-0.05, 0) is 6.08 Å². The van der Waals surface area contributed by atoms with Crippen LogP contribution in [0.5, 0.6) is 0 Å². The SMILES string of the molecule is N#CC1C=C(C(O)[OH2+])NC1. The molecule has 1 rings (SSSR count). The van der Waals surface area contributed by atoms with E-state index >= 15 is 0 Å². The van der Waals surface area contributed by atoms with Gasteiger partial charge in [-0.3, -0.25) is 0 Å². The zero-order chi connectivity index (χ0) is 7.56. The first-order chi connectivity index (χ1) is 4.74. The third-order valence-electron chi connectivity index (χ3n) is 1.37. The fourth-order valence-electron chi connectivity index (χ4n) is 0.833. The Morgan fingerprint density at radius 1 is 2.00 bits per heavy atom. The van der Waals surface area contributed by atoms with Gasteiger partial charge in [0, 0.05) is 6.54 Å². The maximum Gasteiger partial charge on any atom is 0.303 e. The minimum atomic E-state index is -1.22. The zero-order valence-corrected chi connectivity index (χ0v) is 5.33. The van der Waals surface area contributed by atoms with E-state index in [0.717, 1.165) is 0 Å². The number of hydrogen-bond donors (Lipinski definition) is 2. The average Bonchev–Trinajstić information content (AvgIpc) is 2.34. The second-order valence-corrected chi connectivity index (χ2v) is 2.14. The van der Waals surface area contributed by atoms with Crippen molar-refractivity contribution in [3.63, 3.8) is 0 Å². The lowest BCUT2D eigenvalue weighted by atomic mass is 10.2. The Kier molecular flexibility index (Phi) is 1.90. The van der Waals surface area contributed by atoms with Crippen LogP contribution < -0.4 is 5.32 Å². The second kappa shape index (κ2) is 2.69. The number of aliphatic hydroxyl groups is 1. The number of rotatable bonds is 1. The summed E-state index contributed by atoms with van der Waals surface area (Å²) < 4.78 is 0. The van der Waals surface area contributed by atoms with E-state index in [2.05, 4.69) is 5.32 Å². The molecule has 4 N–H and O–H groups in total. The standard InChI is InChI=1S/C6H8N2O2/c7-2-4-1-5(6(9)10)8-3-4/h1,4,6,8-10H,3H2/p+1. The van der Waals surface area contributed by atoms with Gasteiger partial charge in [0.2, 0.25) is 0 Å². The molecule has 0 fully saturated rings. The summed E-state index contributed by atoms with van der Waals surface area (Å²) >= 11 is 0. The Bertz CT molecular complexity index is 192. The van der Waals surface area contributed by atoms with Crippen molar-refractivity contribution in [1.82, 2.24) is 5.32 Å². The molecule has 0 aromatic rings. The Labute approximate surface area is 58.4 Å². The minimum absolute atomic E-state index is 0.185. The maximum absolute atomic E-state index is 8.69. The molecule has 10 heavy (non-hydrogen) atoms. The van der Waals surface area contributed by atoms with Crippen molar-refractivity contribution < 1.29 is 10.2 Å². The molecular weight excluding hydrogens is 132 g/mol. The van der Waals surface area contributed by atoms with Crippen LogP contribution in [-0.2, 0) is 0 Å². The lowest BCUT2D eigenvalue weighted by Gasteiger charge is -1.99. The molecule has 54 valence electrons. The van der Waals surface area contributed by atoms with Crippen LogP contribution in [0.25, 0.3) is 0 Å². The van der Waals surface area contributed by atoms with Crippen LogP contribution >= 0.6 is 0 Å². The van der Waals surface area contributed by atoms with E-state index in [9.17, 15) is 0 Å². The van der Waals surface area contributed by atoms with Crippen LogP contribution in [0.4, 0.5) is 0 Å². The first-order valence-electron chi connectivity index (χ1n) is 2.98. The van der Waals surface area contributed by atoms with Crippen molar-refractivity contribution in [2.24, 2.45) is 5.92 Å². The molecule has 4 nitrogen and oxygen atoms in total. The summed E-state index contributed by atoms with van der Waals surface area (Å²) in [6, 6.07) is 2.02. The molecule has 1 aliphatic rings. The second-order valence-electron chi connectivity index (χ2n) is 2.14. The van der Waals surface area contributed by atoms with E-state index < -0.39 is 6.29 Å². The molecule has 2 atom stereocenters. The van der Waals surface area contributed by atoms with E-state index in [0.29, 0.717) is 12.2 Å². The highest BCUT2D eigenvalue weighted by Crippen LogP contribution is 2.09. The molecule has 4 heteroatoms.